The van der Waals surface area contributed by atoms with E-state index in [1.807, 2.05) is 54.0 Å². The lowest BCUT2D eigenvalue weighted by molar-refractivity contribution is 0.0964. The second kappa shape index (κ2) is 9.05. The Labute approximate surface area is 211 Å². The number of fused-ring (bicyclic) bond motifs is 2. The molecule has 0 radical (unpaired) electrons. The van der Waals surface area contributed by atoms with Crippen LogP contribution >= 0.6 is 11.3 Å². The van der Waals surface area contributed by atoms with Crippen LogP contribution in [0.3, 0.4) is 0 Å². The van der Waals surface area contributed by atoms with E-state index in [1.54, 1.807) is 17.5 Å². The minimum absolute atomic E-state index is 0.129. The molecule has 0 amide bonds. The third-order valence-electron chi connectivity index (χ3n) is 6.06. The Morgan fingerprint density at radius 3 is 2.61 bits per heavy atom. The van der Waals surface area contributed by atoms with Gasteiger partial charge in [0.25, 0.3) is 0 Å². The number of aromatic nitrogens is 5. The van der Waals surface area contributed by atoms with Gasteiger partial charge in [0.1, 0.15) is 0 Å². The Bertz CT molecular complexity index is 1680. The molecule has 0 unspecified atom stereocenters. The van der Waals surface area contributed by atoms with Crippen molar-refractivity contribution in [3.05, 3.63) is 78.1 Å². The first-order valence-electron chi connectivity index (χ1n) is 11.8. The van der Waals surface area contributed by atoms with E-state index in [1.165, 1.54) is 0 Å². The molecule has 3 N–H and O–H groups in total. The molecular formula is C28H24N6OS. The zero-order valence-corrected chi connectivity index (χ0v) is 20.7. The monoisotopic (exact) mass is 492 g/mol. The normalized spacial score (nSPS) is 11.5. The molecule has 0 atom stereocenters. The van der Waals surface area contributed by atoms with Gasteiger partial charge in [0.2, 0.25) is 0 Å². The second-order valence-corrected chi connectivity index (χ2v) is 10.1. The van der Waals surface area contributed by atoms with Crippen molar-refractivity contribution in [2.45, 2.75) is 20.3 Å². The lowest BCUT2D eigenvalue weighted by atomic mass is 10.1. The molecular weight excluding hydrogens is 468 g/mol. The molecule has 4 heterocycles. The van der Waals surface area contributed by atoms with Gasteiger partial charge in [-0.1, -0.05) is 38.1 Å². The van der Waals surface area contributed by atoms with Gasteiger partial charge in [-0.3, -0.25) is 9.89 Å². The van der Waals surface area contributed by atoms with E-state index < -0.39 is 0 Å². The standard InChI is InChI=1S/C28H24N6OS/c1-16(2)11-25(35)24-12-18-3-4-19(13-23(18)32-24)27-33-22-9-10-36-26(22)28(34-27)31-21-7-5-17(6-8-21)20-14-29-30-15-20/h3-10,12-16,32H,11H2,1-2H3,(H,29,30)(H,31,33,34). The number of Topliss-reactive ketones (excluding diaryl/α,β-unsaturated/α-hetero) is 1. The van der Waals surface area contributed by atoms with E-state index in [-0.39, 0.29) is 5.78 Å². The van der Waals surface area contributed by atoms with Crippen LogP contribution in [0.4, 0.5) is 11.5 Å². The number of nitrogens with zero attached hydrogens (tertiary/aromatic N) is 3. The van der Waals surface area contributed by atoms with E-state index in [0.717, 1.165) is 49.3 Å². The molecule has 0 spiro atoms. The molecule has 2 aromatic carbocycles. The van der Waals surface area contributed by atoms with Gasteiger partial charge < -0.3 is 10.3 Å². The van der Waals surface area contributed by atoms with Crippen molar-refractivity contribution >= 4 is 49.7 Å². The van der Waals surface area contributed by atoms with Crippen LogP contribution in [0.15, 0.2) is 72.4 Å². The Morgan fingerprint density at radius 1 is 1.00 bits per heavy atom. The second-order valence-electron chi connectivity index (χ2n) is 9.23. The summed E-state index contributed by atoms with van der Waals surface area (Å²) in [7, 11) is 0. The first kappa shape index (κ1) is 22.2. The molecule has 6 aromatic rings. The molecule has 4 aromatic heterocycles. The summed E-state index contributed by atoms with van der Waals surface area (Å²) < 4.78 is 1.00. The number of benzene rings is 2. The number of anilines is 2. The number of hydrogen-bond donors (Lipinski definition) is 3. The van der Waals surface area contributed by atoms with Gasteiger partial charge in [-0.25, -0.2) is 9.97 Å². The van der Waals surface area contributed by atoms with Gasteiger partial charge in [0, 0.05) is 40.3 Å². The molecule has 178 valence electrons. The van der Waals surface area contributed by atoms with Crippen LogP contribution in [0.2, 0.25) is 0 Å². The SMILES string of the molecule is CC(C)CC(=O)c1cc2ccc(-c3nc(Nc4ccc(-c5cn[nH]c5)cc4)c4sccc4n3)cc2[nH]1. The number of rotatable bonds is 7. The Hall–Kier alpha value is -4.30. The highest BCUT2D eigenvalue weighted by atomic mass is 32.1. The number of carbonyl (C=O) groups excluding carboxylic acids is 1. The number of nitrogens with one attached hydrogen (secondary N) is 3. The van der Waals surface area contributed by atoms with Gasteiger partial charge >= 0.3 is 0 Å². The van der Waals surface area contributed by atoms with Gasteiger partial charge in [0.15, 0.2) is 17.4 Å². The molecule has 36 heavy (non-hydrogen) atoms. The number of aromatic amines is 2. The van der Waals surface area contributed by atoms with Crippen molar-refractivity contribution in [3.8, 4) is 22.5 Å². The number of ketones is 1. The summed E-state index contributed by atoms with van der Waals surface area (Å²) in [6, 6.07) is 18.1. The summed E-state index contributed by atoms with van der Waals surface area (Å²) in [6.07, 6.45) is 4.20. The maximum absolute atomic E-state index is 12.5. The van der Waals surface area contributed by atoms with Gasteiger partial charge in [0.05, 0.1) is 22.1 Å². The number of thiophene rings is 1. The summed E-state index contributed by atoms with van der Waals surface area (Å²) in [6.45, 7) is 4.10. The highest BCUT2D eigenvalue weighted by Crippen LogP contribution is 2.32. The summed E-state index contributed by atoms with van der Waals surface area (Å²) in [5.74, 6) is 1.84. The smallest absolute Gasteiger partial charge is 0.179 e. The minimum atomic E-state index is 0.129. The zero-order valence-electron chi connectivity index (χ0n) is 19.9. The van der Waals surface area contributed by atoms with E-state index in [4.69, 9.17) is 9.97 Å². The van der Waals surface area contributed by atoms with Crippen molar-refractivity contribution < 1.29 is 4.79 Å². The van der Waals surface area contributed by atoms with Gasteiger partial charge in [-0.15, -0.1) is 11.3 Å². The van der Waals surface area contributed by atoms with Crippen LogP contribution in [0, 0.1) is 5.92 Å². The minimum Gasteiger partial charge on any atom is -0.352 e. The first-order chi connectivity index (χ1) is 17.5. The quantitative estimate of drug-likeness (QED) is 0.205. The summed E-state index contributed by atoms with van der Waals surface area (Å²) >= 11 is 1.61. The third-order valence-corrected chi connectivity index (χ3v) is 6.97. The fourth-order valence-corrected chi connectivity index (χ4v) is 5.04. The van der Waals surface area contributed by atoms with Gasteiger partial charge in [-0.05, 0) is 47.2 Å². The number of H-pyrrole nitrogens is 2. The predicted octanol–water partition coefficient (Wildman–Crippen LogP) is 7.20. The first-order valence-corrected chi connectivity index (χ1v) is 12.7. The highest BCUT2D eigenvalue weighted by molar-refractivity contribution is 7.17. The van der Waals surface area contributed by atoms with Crippen molar-refractivity contribution in [1.29, 1.82) is 0 Å². The molecule has 0 saturated heterocycles. The lowest BCUT2D eigenvalue weighted by Crippen LogP contribution is -2.03. The molecule has 0 aliphatic carbocycles. The van der Waals surface area contributed by atoms with Crippen LogP contribution in [-0.4, -0.2) is 30.9 Å². The average Bonchev–Trinajstić information content (AvgIpc) is 3.64. The fourth-order valence-electron chi connectivity index (χ4n) is 4.27. The zero-order chi connectivity index (χ0) is 24.6. The summed E-state index contributed by atoms with van der Waals surface area (Å²) in [5.41, 5.74) is 6.39. The molecule has 0 aliphatic rings. The van der Waals surface area contributed by atoms with Crippen molar-refractivity contribution in [2.24, 2.45) is 5.92 Å². The molecule has 0 bridgehead atoms. The molecule has 0 aliphatic heterocycles. The summed E-state index contributed by atoms with van der Waals surface area (Å²) in [5, 5.41) is 13.4. The molecule has 6 rings (SSSR count). The van der Waals surface area contributed by atoms with Crippen LogP contribution in [-0.2, 0) is 0 Å². The Kier molecular flexibility index (Phi) is 5.58. The maximum atomic E-state index is 12.5. The average molecular weight is 493 g/mol. The third kappa shape index (κ3) is 4.27. The van der Waals surface area contributed by atoms with E-state index in [2.05, 4.69) is 46.5 Å². The van der Waals surface area contributed by atoms with Crippen molar-refractivity contribution in [1.82, 2.24) is 25.1 Å². The number of carbonyl (C=O) groups is 1. The number of hydrogen-bond acceptors (Lipinski definition) is 6. The van der Waals surface area contributed by atoms with Crippen molar-refractivity contribution in [3.63, 3.8) is 0 Å². The highest BCUT2D eigenvalue weighted by Gasteiger charge is 2.15. The molecule has 0 saturated carbocycles. The van der Waals surface area contributed by atoms with E-state index in [0.29, 0.717) is 23.9 Å². The molecule has 7 nitrogen and oxygen atoms in total. The lowest BCUT2D eigenvalue weighted by Gasteiger charge is -2.10. The summed E-state index contributed by atoms with van der Waals surface area (Å²) in [4.78, 5) is 25.5. The fraction of sp³-hybridized carbons (Fsp3) is 0.143. The van der Waals surface area contributed by atoms with Crippen LogP contribution in [0.1, 0.15) is 30.8 Å². The topological polar surface area (TPSA) is 99.3 Å². The maximum Gasteiger partial charge on any atom is 0.179 e. The largest absolute Gasteiger partial charge is 0.352 e. The van der Waals surface area contributed by atoms with E-state index >= 15 is 0 Å². The van der Waals surface area contributed by atoms with Crippen LogP contribution < -0.4 is 5.32 Å². The van der Waals surface area contributed by atoms with E-state index in [9.17, 15) is 4.79 Å². The predicted molar refractivity (Wildman–Crippen MR) is 146 cm³/mol. The van der Waals surface area contributed by atoms with Crippen LogP contribution in [0.25, 0.3) is 43.6 Å². The van der Waals surface area contributed by atoms with Crippen LogP contribution in [0.5, 0.6) is 0 Å². The Morgan fingerprint density at radius 2 is 1.83 bits per heavy atom. The van der Waals surface area contributed by atoms with Crippen molar-refractivity contribution in [2.75, 3.05) is 5.32 Å². The Balaban J connectivity index is 1.33. The van der Waals surface area contributed by atoms with Gasteiger partial charge in [-0.2, -0.15) is 5.10 Å². The molecule has 0 fully saturated rings. The molecule has 8 heteroatoms.